The Hall–Kier alpha value is -4.39. The Morgan fingerprint density at radius 2 is 1.69 bits per heavy atom. The fourth-order valence-electron chi connectivity index (χ4n) is 4.38. The number of piperazine rings is 1. The van der Waals surface area contributed by atoms with Crippen molar-refractivity contribution in [2.75, 3.05) is 33.3 Å². The van der Waals surface area contributed by atoms with Crippen LogP contribution in [0.25, 0.3) is 0 Å². The number of hydrogen-bond acceptors (Lipinski definition) is 6. The number of rotatable bonds is 5. The first-order valence-corrected chi connectivity index (χ1v) is 11.7. The summed E-state index contributed by atoms with van der Waals surface area (Å²) in [6.07, 6.45) is 1.24. The van der Waals surface area contributed by atoms with E-state index in [2.05, 4.69) is 10.6 Å². The number of benzene rings is 2. The number of carbonyl (C=O) groups is 4. The fourth-order valence-corrected chi connectivity index (χ4v) is 4.38. The molecular weight excluding hydrogens is 462 g/mol. The predicted octanol–water partition coefficient (Wildman–Crippen LogP) is 0.928. The highest BCUT2D eigenvalue weighted by molar-refractivity contribution is 6.00. The van der Waals surface area contributed by atoms with Crippen LogP contribution >= 0.6 is 0 Å². The van der Waals surface area contributed by atoms with Crippen molar-refractivity contribution in [1.29, 1.82) is 5.26 Å². The number of carbonyl (C=O) groups excluding carboxylic acids is 4. The number of hydrogen-bond donors (Lipinski definition) is 2. The highest BCUT2D eigenvalue weighted by Crippen LogP contribution is 2.20. The number of ether oxygens (including phenoxy) is 1. The molecule has 0 saturated carbocycles. The second kappa shape index (κ2) is 10.9. The normalized spacial score (nSPS) is 19.6. The largest absolute Gasteiger partial charge is 0.497 e. The molecule has 4 amide bonds. The molecule has 0 aliphatic carbocycles. The third-order valence-corrected chi connectivity index (χ3v) is 6.43. The van der Waals surface area contributed by atoms with E-state index in [9.17, 15) is 19.2 Å². The quantitative estimate of drug-likeness (QED) is 0.642. The summed E-state index contributed by atoms with van der Waals surface area (Å²) in [5.74, 6) is -0.803. The van der Waals surface area contributed by atoms with Gasteiger partial charge in [0.15, 0.2) is 0 Å². The number of nitriles is 1. The molecule has 0 spiro atoms. The van der Waals surface area contributed by atoms with Gasteiger partial charge in [0.2, 0.25) is 11.8 Å². The van der Waals surface area contributed by atoms with E-state index in [1.807, 2.05) is 6.07 Å². The zero-order valence-electron chi connectivity index (χ0n) is 19.9. The minimum absolute atomic E-state index is 0.0269. The molecule has 4 rings (SSSR count). The summed E-state index contributed by atoms with van der Waals surface area (Å²) in [4.78, 5) is 55.1. The van der Waals surface area contributed by atoms with Gasteiger partial charge in [0.25, 0.3) is 11.8 Å². The Morgan fingerprint density at radius 3 is 2.33 bits per heavy atom. The standard InChI is InChI=1S/C26H27N5O5/c1-36-20-10-8-19(9-11-20)26(35)31-14-13-30(25(34)18-6-4-17(15-27)5-7-18)16-22(31)24(33)29-21-3-2-12-28-23(21)32/h4-11,21-22H,2-3,12-14,16H2,1H3,(H,28,32)(H,29,33). The Kier molecular flexibility index (Phi) is 7.49. The lowest BCUT2D eigenvalue weighted by Crippen LogP contribution is -2.63. The summed E-state index contributed by atoms with van der Waals surface area (Å²) in [5, 5.41) is 14.5. The smallest absolute Gasteiger partial charge is 0.254 e. The van der Waals surface area contributed by atoms with E-state index in [0.717, 1.165) is 6.42 Å². The lowest BCUT2D eigenvalue weighted by Gasteiger charge is -2.41. The lowest BCUT2D eigenvalue weighted by molar-refractivity contribution is -0.133. The first kappa shape index (κ1) is 24.7. The molecule has 2 N–H and O–H groups in total. The molecule has 10 heteroatoms. The van der Waals surface area contributed by atoms with E-state index in [4.69, 9.17) is 10.00 Å². The van der Waals surface area contributed by atoms with Crippen LogP contribution in [-0.2, 0) is 9.59 Å². The molecule has 2 fully saturated rings. The molecular formula is C26H27N5O5. The lowest BCUT2D eigenvalue weighted by atomic mass is 10.0. The van der Waals surface area contributed by atoms with Gasteiger partial charge in [0, 0.05) is 30.8 Å². The number of nitrogens with one attached hydrogen (secondary N) is 2. The van der Waals surface area contributed by atoms with Crippen LogP contribution in [0.3, 0.4) is 0 Å². The van der Waals surface area contributed by atoms with Crippen LogP contribution in [0.15, 0.2) is 48.5 Å². The van der Waals surface area contributed by atoms with Crippen LogP contribution in [0.2, 0.25) is 0 Å². The number of methoxy groups -OCH3 is 1. The van der Waals surface area contributed by atoms with Crippen molar-refractivity contribution >= 4 is 23.6 Å². The molecule has 36 heavy (non-hydrogen) atoms. The maximum atomic E-state index is 13.4. The zero-order valence-corrected chi connectivity index (χ0v) is 19.9. The van der Waals surface area contributed by atoms with Crippen molar-refractivity contribution in [2.45, 2.75) is 24.9 Å². The fraction of sp³-hybridized carbons (Fsp3) is 0.346. The molecule has 2 aliphatic rings. The van der Waals surface area contributed by atoms with Crippen LogP contribution in [0, 0.1) is 11.3 Å². The number of nitrogens with zero attached hydrogens (tertiary/aromatic N) is 3. The van der Waals surface area contributed by atoms with Gasteiger partial charge < -0.3 is 25.2 Å². The maximum absolute atomic E-state index is 13.4. The van der Waals surface area contributed by atoms with Crippen LogP contribution in [0.4, 0.5) is 0 Å². The maximum Gasteiger partial charge on any atom is 0.254 e. The minimum Gasteiger partial charge on any atom is -0.497 e. The van der Waals surface area contributed by atoms with Gasteiger partial charge in [-0.2, -0.15) is 5.26 Å². The average molecular weight is 490 g/mol. The summed E-state index contributed by atoms with van der Waals surface area (Å²) >= 11 is 0. The first-order valence-electron chi connectivity index (χ1n) is 11.7. The molecule has 0 aromatic heterocycles. The molecule has 10 nitrogen and oxygen atoms in total. The van der Waals surface area contributed by atoms with E-state index >= 15 is 0 Å². The van der Waals surface area contributed by atoms with Gasteiger partial charge in [-0.25, -0.2) is 0 Å². The van der Waals surface area contributed by atoms with Gasteiger partial charge >= 0.3 is 0 Å². The Balaban J connectivity index is 1.56. The molecule has 2 unspecified atom stereocenters. The van der Waals surface area contributed by atoms with E-state index < -0.39 is 18.0 Å². The molecule has 2 aromatic rings. The second-order valence-corrected chi connectivity index (χ2v) is 8.68. The number of piperidine rings is 1. The summed E-state index contributed by atoms with van der Waals surface area (Å²) in [6.45, 7) is 0.904. The predicted molar refractivity (Wildman–Crippen MR) is 129 cm³/mol. The topological polar surface area (TPSA) is 132 Å². The SMILES string of the molecule is COc1ccc(C(=O)N2CCN(C(=O)c3ccc(C#N)cc3)CC2C(=O)NC2CCCNC2=O)cc1. The van der Waals surface area contributed by atoms with Crippen molar-refractivity contribution < 1.29 is 23.9 Å². The van der Waals surface area contributed by atoms with Gasteiger partial charge in [-0.15, -0.1) is 0 Å². The highest BCUT2D eigenvalue weighted by atomic mass is 16.5. The third kappa shape index (κ3) is 5.30. The second-order valence-electron chi connectivity index (χ2n) is 8.68. The van der Waals surface area contributed by atoms with Gasteiger partial charge in [0.1, 0.15) is 17.8 Å². The summed E-state index contributed by atoms with van der Waals surface area (Å²) in [5.41, 5.74) is 1.20. The highest BCUT2D eigenvalue weighted by Gasteiger charge is 2.39. The Labute approximate surface area is 208 Å². The van der Waals surface area contributed by atoms with Crippen LogP contribution in [0.5, 0.6) is 5.75 Å². The molecule has 0 bridgehead atoms. The van der Waals surface area contributed by atoms with Gasteiger partial charge in [-0.1, -0.05) is 0 Å². The number of amides is 4. The van der Waals surface area contributed by atoms with E-state index in [0.29, 0.717) is 35.4 Å². The molecule has 2 atom stereocenters. The summed E-state index contributed by atoms with van der Waals surface area (Å²) in [7, 11) is 1.53. The van der Waals surface area contributed by atoms with Gasteiger partial charge in [-0.05, 0) is 61.4 Å². The first-order chi connectivity index (χ1) is 17.4. The zero-order chi connectivity index (χ0) is 25.7. The van der Waals surface area contributed by atoms with E-state index in [-0.39, 0.29) is 37.4 Å². The van der Waals surface area contributed by atoms with Gasteiger partial charge in [0.05, 0.1) is 25.3 Å². The summed E-state index contributed by atoms with van der Waals surface area (Å²) < 4.78 is 5.16. The minimum atomic E-state index is -0.981. The van der Waals surface area contributed by atoms with E-state index in [1.165, 1.54) is 16.9 Å². The Bertz CT molecular complexity index is 1190. The van der Waals surface area contributed by atoms with Gasteiger partial charge in [-0.3, -0.25) is 19.2 Å². The third-order valence-electron chi connectivity index (χ3n) is 6.43. The average Bonchev–Trinajstić information content (AvgIpc) is 2.93. The van der Waals surface area contributed by atoms with Crippen molar-refractivity contribution in [3.8, 4) is 11.8 Å². The van der Waals surface area contributed by atoms with Crippen LogP contribution < -0.4 is 15.4 Å². The molecule has 2 aliphatic heterocycles. The van der Waals surface area contributed by atoms with E-state index in [1.54, 1.807) is 48.5 Å². The Morgan fingerprint density at radius 1 is 1.03 bits per heavy atom. The van der Waals surface area contributed by atoms with Crippen molar-refractivity contribution in [3.05, 3.63) is 65.2 Å². The van der Waals surface area contributed by atoms with Crippen LogP contribution in [0.1, 0.15) is 39.1 Å². The molecule has 186 valence electrons. The molecule has 2 heterocycles. The van der Waals surface area contributed by atoms with Crippen molar-refractivity contribution in [3.63, 3.8) is 0 Å². The van der Waals surface area contributed by atoms with Crippen molar-refractivity contribution in [2.24, 2.45) is 0 Å². The summed E-state index contributed by atoms with van der Waals surface area (Å²) in [6, 6.07) is 13.2. The molecule has 0 radical (unpaired) electrons. The van der Waals surface area contributed by atoms with Crippen molar-refractivity contribution in [1.82, 2.24) is 20.4 Å². The molecule has 2 aromatic carbocycles. The molecule has 2 saturated heterocycles. The monoisotopic (exact) mass is 489 g/mol. The van der Waals surface area contributed by atoms with Crippen LogP contribution in [-0.4, -0.2) is 78.8 Å².